The third-order valence-corrected chi connectivity index (χ3v) is 10.4. The van der Waals surface area contributed by atoms with Crippen molar-refractivity contribution in [2.24, 2.45) is 5.92 Å². The van der Waals surface area contributed by atoms with E-state index in [2.05, 4.69) is 27.7 Å². The highest BCUT2D eigenvalue weighted by Crippen LogP contribution is 2.35. The zero-order valence-corrected chi connectivity index (χ0v) is 15.8. The first-order valence-electron chi connectivity index (χ1n) is 6.74. The first-order valence-corrected chi connectivity index (χ1v) is 10.5. The molecule has 0 aliphatic heterocycles. The lowest BCUT2D eigenvalue weighted by Gasteiger charge is -2.32. The monoisotopic (exact) mass is 294 g/mol. The average molecular weight is 295 g/mol. The number of hydrogen-bond acceptors (Lipinski definition) is 3. The number of rotatable bonds is 9. The molecule has 0 fully saturated rings. The third-order valence-electron chi connectivity index (χ3n) is 3.49. The van der Waals surface area contributed by atoms with Gasteiger partial charge in [-0.1, -0.05) is 27.7 Å². The summed E-state index contributed by atoms with van der Waals surface area (Å²) in [5.41, 5.74) is 0. The van der Waals surface area contributed by atoms with Crippen molar-refractivity contribution >= 4 is 31.4 Å². The molecule has 0 aromatic heterocycles. The lowest BCUT2D eigenvalue weighted by atomic mass is 9.99. The molecule has 104 valence electrons. The van der Waals surface area contributed by atoms with E-state index in [9.17, 15) is 0 Å². The Morgan fingerprint density at radius 2 is 1.65 bits per heavy atom. The highest BCUT2D eigenvalue weighted by Gasteiger charge is 2.28. The lowest BCUT2D eigenvalue weighted by molar-refractivity contribution is 0.214. The molecule has 5 heteroatoms. The first kappa shape index (κ1) is 17.7. The Kier molecular flexibility index (Phi) is 9.11. The Morgan fingerprint density at radius 3 is 2.00 bits per heavy atom. The van der Waals surface area contributed by atoms with Gasteiger partial charge in [0.1, 0.15) is 0 Å². The topological polar surface area (TPSA) is 18.5 Å². The van der Waals surface area contributed by atoms with Gasteiger partial charge >= 0.3 is 9.28 Å². The van der Waals surface area contributed by atoms with E-state index in [1.165, 1.54) is 0 Å². The Hall–Kier alpha value is 0.704. The van der Waals surface area contributed by atoms with Gasteiger partial charge < -0.3 is 8.85 Å². The van der Waals surface area contributed by atoms with E-state index in [4.69, 9.17) is 21.5 Å². The van der Waals surface area contributed by atoms with Crippen LogP contribution in [0, 0.1) is 5.92 Å². The van der Waals surface area contributed by atoms with Crippen LogP contribution >= 0.6 is 12.6 Å². The Bertz CT molecular complexity index is 195. The van der Waals surface area contributed by atoms with Crippen LogP contribution < -0.4 is 0 Å². The van der Waals surface area contributed by atoms with Crippen LogP contribution in [0.25, 0.3) is 0 Å². The molecule has 2 nitrogen and oxygen atoms in total. The minimum atomic E-state index is -1.45. The standard InChI is InChI=1S/C12H30O2SSi2/c1-7-13-17(14-8-2)9-11(15)16-12(5,6)10(3)4/h10-11,15,17H,7-9,16H2,1-6H3/t11-/m1/s1. The van der Waals surface area contributed by atoms with Crippen molar-refractivity contribution in [1.82, 2.24) is 0 Å². The zero-order valence-electron chi connectivity index (χ0n) is 12.3. The maximum absolute atomic E-state index is 5.72. The minimum absolute atomic E-state index is 0.222. The molecule has 0 aromatic carbocycles. The second-order valence-corrected chi connectivity index (χ2v) is 12.2. The Morgan fingerprint density at radius 1 is 1.18 bits per heavy atom. The summed E-state index contributed by atoms with van der Waals surface area (Å²) in [5, 5.41) is 0.476. The van der Waals surface area contributed by atoms with Crippen molar-refractivity contribution in [2.45, 2.75) is 57.5 Å². The SMILES string of the molecule is CCO[SiH](C[C@H](S)[SiH2]C(C)(C)C(C)C)OCC. The minimum Gasteiger partial charge on any atom is -0.397 e. The number of hydrogen-bond donors (Lipinski definition) is 1. The summed E-state index contributed by atoms with van der Waals surface area (Å²) in [7, 11) is -1.68. The predicted molar refractivity (Wildman–Crippen MR) is 85.4 cm³/mol. The van der Waals surface area contributed by atoms with Gasteiger partial charge in [-0.15, -0.1) is 0 Å². The van der Waals surface area contributed by atoms with E-state index in [0.29, 0.717) is 9.91 Å². The molecular formula is C12H30O2SSi2. The average Bonchev–Trinajstić information content (AvgIpc) is 2.16. The highest BCUT2D eigenvalue weighted by molar-refractivity contribution is 7.82. The smallest absolute Gasteiger partial charge is 0.322 e. The van der Waals surface area contributed by atoms with Gasteiger partial charge in [-0.25, -0.2) is 0 Å². The summed E-state index contributed by atoms with van der Waals surface area (Å²) in [5.74, 6) is 0.739. The van der Waals surface area contributed by atoms with Crippen molar-refractivity contribution in [1.29, 1.82) is 0 Å². The van der Waals surface area contributed by atoms with Crippen molar-refractivity contribution in [3.8, 4) is 0 Å². The molecule has 0 heterocycles. The van der Waals surface area contributed by atoms with Crippen molar-refractivity contribution < 1.29 is 8.85 Å². The summed E-state index contributed by atoms with van der Waals surface area (Å²) < 4.78 is 11.4. The van der Waals surface area contributed by atoms with Gasteiger partial charge in [-0.05, 0) is 35.7 Å². The molecule has 17 heavy (non-hydrogen) atoms. The second kappa shape index (κ2) is 8.74. The van der Waals surface area contributed by atoms with Crippen LogP contribution in [0.3, 0.4) is 0 Å². The molecule has 0 amide bonds. The Labute approximate surface area is 117 Å². The molecule has 0 N–H and O–H groups in total. The largest absolute Gasteiger partial charge is 0.397 e. The molecule has 0 unspecified atom stereocenters. The van der Waals surface area contributed by atoms with Gasteiger partial charge in [0, 0.05) is 22.7 Å². The van der Waals surface area contributed by atoms with E-state index < -0.39 is 9.28 Å². The van der Waals surface area contributed by atoms with E-state index in [1.807, 2.05) is 13.8 Å². The molecule has 0 rings (SSSR count). The van der Waals surface area contributed by atoms with Crippen LogP contribution in [0.4, 0.5) is 0 Å². The van der Waals surface area contributed by atoms with Crippen LogP contribution in [-0.2, 0) is 8.85 Å². The molecule has 0 saturated heterocycles. The molecule has 0 radical (unpaired) electrons. The zero-order chi connectivity index (χ0) is 13.5. The summed E-state index contributed by atoms with van der Waals surface area (Å²) in [6.45, 7) is 15.0. The maximum atomic E-state index is 5.72. The first-order chi connectivity index (χ1) is 7.83. The summed E-state index contributed by atoms with van der Waals surface area (Å²) in [6.07, 6.45) is 0. The summed E-state index contributed by atoms with van der Waals surface area (Å²) in [4.78, 5) is 0.530. The van der Waals surface area contributed by atoms with E-state index in [0.717, 1.165) is 25.2 Å². The van der Waals surface area contributed by atoms with Crippen LogP contribution in [0.15, 0.2) is 0 Å². The molecule has 0 aliphatic rings. The van der Waals surface area contributed by atoms with Crippen LogP contribution in [0.5, 0.6) is 0 Å². The van der Waals surface area contributed by atoms with Gasteiger partial charge in [0.2, 0.25) is 0 Å². The summed E-state index contributed by atoms with van der Waals surface area (Å²) >= 11 is 4.78. The molecule has 0 saturated carbocycles. The van der Waals surface area contributed by atoms with Crippen LogP contribution in [-0.4, -0.2) is 36.9 Å². The predicted octanol–water partition coefficient (Wildman–Crippen LogP) is 2.56. The second-order valence-electron chi connectivity index (χ2n) is 5.58. The van der Waals surface area contributed by atoms with Crippen molar-refractivity contribution in [3.63, 3.8) is 0 Å². The Balaban J connectivity index is 4.17. The normalized spacial score (nSPS) is 15.4. The van der Waals surface area contributed by atoms with Crippen LogP contribution in [0.2, 0.25) is 11.1 Å². The fourth-order valence-corrected chi connectivity index (χ4v) is 8.36. The fraction of sp³-hybridized carbons (Fsp3) is 1.00. The van der Waals surface area contributed by atoms with Gasteiger partial charge in [-0.2, -0.15) is 12.6 Å². The number of thiol groups is 1. The van der Waals surface area contributed by atoms with Gasteiger partial charge in [0.25, 0.3) is 0 Å². The molecule has 0 spiro atoms. The van der Waals surface area contributed by atoms with E-state index in [1.54, 1.807) is 0 Å². The van der Waals surface area contributed by atoms with E-state index in [-0.39, 0.29) is 9.52 Å². The third kappa shape index (κ3) is 7.67. The van der Waals surface area contributed by atoms with Gasteiger partial charge in [0.05, 0.1) is 0 Å². The van der Waals surface area contributed by atoms with Crippen molar-refractivity contribution in [3.05, 3.63) is 0 Å². The van der Waals surface area contributed by atoms with Gasteiger partial charge in [0.15, 0.2) is 0 Å². The quantitative estimate of drug-likeness (QED) is 0.520. The maximum Gasteiger partial charge on any atom is 0.322 e. The molecule has 1 atom stereocenters. The summed E-state index contributed by atoms with van der Waals surface area (Å²) in [6, 6.07) is 1.06. The van der Waals surface area contributed by atoms with Crippen molar-refractivity contribution in [2.75, 3.05) is 13.2 Å². The molecule has 0 bridgehead atoms. The fourth-order valence-electron chi connectivity index (χ4n) is 1.70. The molecular weight excluding hydrogens is 264 g/mol. The lowest BCUT2D eigenvalue weighted by Crippen LogP contribution is -2.33. The van der Waals surface area contributed by atoms with Crippen LogP contribution in [0.1, 0.15) is 41.5 Å². The molecule has 0 aromatic rings. The van der Waals surface area contributed by atoms with Gasteiger partial charge in [-0.3, -0.25) is 0 Å². The highest BCUT2D eigenvalue weighted by atomic mass is 32.1. The molecule has 0 aliphatic carbocycles. The van der Waals surface area contributed by atoms with E-state index >= 15 is 0 Å².